The van der Waals surface area contributed by atoms with Crippen LogP contribution < -0.4 is 10.1 Å². The molecule has 0 aliphatic rings. The molecule has 0 bridgehead atoms. The first-order valence-electron chi connectivity index (χ1n) is 9.40. The van der Waals surface area contributed by atoms with Gasteiger partial charge in [0.2, 0.25) is 0 Å². The standard InChI is InChI=1S/C24H24ClNO2/c1-3-28-22-13-11-18(12-14-22)23(26-21-6-4-5-20(25)15-21)16-24(27)19-9-7-17(2)8-10-19/h4-15,23,26H,3,16H2,1-2H3. The summed E-state index contributed by atoms with van der Waals surface area (Å²) in [6.07, 6.45) is 0.337. The predicted octanol–water partition coefficient (Wildman–Crippen LogP) is 6.47. The van der Waals surface area contributed by atoms with Crippen molar-refractivity contribution in [3.63, 3.8) is 0 Å². The summed E-state index contributed by atoms with van der Waals surface area (Å²) in [6, 6.07) is 22.9. The van der Waals surface area contributed by atoms with E-state index in [4.69, 9.17) is 16.3 Å². The molecule has 1 unspecified atom stereocenters. The van der Waals surface area contributed by atoms with Crippen LogP contribution in [0.3, 0.4) is 0 Å². The number of carbonyl (C=O) groups excluding carboxylic acids is 1. The van der Waals surface area contributed by atoms with Crippen LogP contribution in [0.25, 0.3) is 0 Å². The number of nitrogens with one attached hydrogen (secondary N) is 1. The van der Waals surface area contributed by atoms with Gasteiger partial charge in [-0.05, 0) is 49.7 Å². The highest BCUT2D eigenvalue weighted by Gasteiger charge is 2.18. The van der Waals surface area contributed by atoms with E-state index >= 15 is 0 Å². The van der Waals surface area contributed by atoms with Crippen molar-refractivity contribution in [1.82, 2.24) is 0 Å². The van der Waals surface area contributed by atoms with Gasteiger partial charge in [0.1, 0.15) is 5.75 Å². The zero-order valence-corrected chi connectivity index (χ0v) is 16.9. The number of halogens is 1. The quantitative estimate of drug-likeness (QED) is 0.445. The summed E-state index contributed by atoms with van der Waals surface area (Å²) in [7, 11) is 0. The van der Waals surface area contributed by atoms with Gasteiger partial charge in [-0.25, -0.2) is 0 Å². The lowest BCUT2D eigenvalue weighted by molar-refractivity contribution is 0.0976. The van der Waals surface area contributed by atoms with E-state index in [1.807, 2.05) is 86.6 Å². The van der Waals surface area contributed by atoms with E-state index in [1.54, 1.807) is 0 Å². The maximum absolute atomic E-state index is 12.9. The third kappa shape index (κ3) is 5.37. The number of aryl methyl sites for hydroxylation is 1. The molecule has 3 aromatic carbocycles. The number of anilines is 1. The molecule has 0 aliphatic carbocycles. The maximum Gasteiger partial charge on any atom is 0.165 e. The minimum Gasteiger partial charge on any atom is -0.494 e. The first-order valence-corrected chi connectivity index (χ1v) is 9.77. The molecule has 1 atom stereocenters. The summed E-state index contributed by atoms with van der Waals surface area (Å²) >= 11 is 6.12. The molecular formula is C24H24ClNO2. The molecule has 28 heavy (non-hydrogen) atoms. The minimum absolute atomic E-state index is 0.0911. The SMILES string of the molecule is CCOc1ccc(C(CC(=O)c2ccc(C)cc2)Nc2cccc(Cl)c2)cc1. The summed E-state index contributed by atoms with van der Waals surface area (Å²) in [6.45, 7) is 4.59. The fourth-order valence-electron chi connectivity index (χ4n) is 3.04. The van der Waals surface area contributed by atoms with E-state index in [0.717, 1.165) is 28.1 Å². The largest absolute Gasteiger partial charge is 0.494 e. The summed E-state index contributed by atoms with van der Waals surface area (Å²) in [5.41, 5.74) is 3.75. The van der Waals surface area contributed by atoms with Crippen LogP contribution in [0.2, 0.25) is 5.02 Å². The Morgan fingerprint density at radius 1 is 1.04 bits per heavy atom. The molecule has 0 aliphatic heterocycles. The lowest BCUT2D eigenvalue weighted by Crippen LogP contribution is -2.16. The highest BCUT2D eigenvalue weighted by atomic mass is 35.5. The fourth-order valence-corrected chi connectivity index (χ4v) is 3.23. The summed E-state index contributed by atoms with van der Waals surface area (Å²) < 4.78 is 5.53. The molecule has 0 aromatic heterocycles. The van der Waals surface area contributed by atoms with Crippen molar-refractivity contribution in [1.29, 1.82) is 0 Å². The second kappa shape index (κ2) is 9.43. The number of hydrogen-bond donors (Lipinski definition) is 1. The molecule has 0 amide bonds. The molecule has 3 rings (SSSR count). The average molecular weight is 394 g/mol. The number of Topliss-reactive ketones (excluding diaryl/α,β-unsaturated/α-hetero) is 1. The summed E-state index contributed by atoms with van der Waals surface area (Å²) in [5, 5.41) is 4.11. The van der Waals surface area contributed by atoms with Gasteiger partial charge in [0, 0.05) is 22.7 Å². The molecule has 4 heteroatoms. The fraction of sp³-hybridized carbons (Fsp3) is 0.208. The smallest absolute Gasteiger partial charge is 0.165 e. The molecule has 0 heterocycles. The number of ether oxygens (including phenoxy) is 1. The number of hydrogen-bond acceptors (Lipinski definition) is 3. The van der Waals surface area contributed by atoms with Crippen molar-refractivity contribution in [3.05, 3.63) is 94.5 Å². The molecule has 144 valence electrons. The highest BCUT2D eigenvalue weighted by molar-refractivity contribution is 6.30. The van der Waals surface area contributed by atoms with E-state index < -0.39 is 0 Å². The van der Waals surface area contributed by atoms with Crippen LogP contribution >= 0.6 is 11.6 Å². The molecule has 3 nitrogen and oxygen atoms in total. The van der Waals surface area contributed by atoms with Crippen molar-refractivity contribution >= 4 is 23.1 Å². The monoisotopic (exact) mass is 393 g/mol. The van der Waals surface area contributed by atoms with E-state index in [0.29, 0.717) is 18.1 Å². The van der Waals surface area contributed by atoms with Gasteiger partial charge in [-0.3, -0.25) is 4.79 Å². The number of carbonyl (C=O) groups is 1. The zero-order valence-electron chi connectivity index (χ0n) is 16.1. The van der Waals surface area contributed by atoms with E-state index in [9.17, 15) is 4.79 Å². The number of rotatable bonds is 8. The van der Waals surface area contributed by atoms with Crippen LogP contribution in [-0.2, 0) is 0 Å². The summed E-state index contributed by atoms with van der Waals surface area (Å²) in [5.74, 6) is 0.908. The predicted molar refractivity (Wildman–Crippen MR) is 116 cm³/mol. The van der Waals surface area contributed by atoms with Gasteiger partial charge in [-0.2, -0.15) is 0 Å². The Balaban J connectivity index is 1.84. The normalized spacial score (nSPS) is 11.7. The van der Waals surface area contributed by atoms with E-state index in [-0.39, 0.29) is 11.8 Å². The number of ketones is 1. The van der Waals surface area contributed by atoms with E-state index in [1.165, 1.54) is 0 Å². The Kier molecular flexibility index (Phi) is 6.72. The first-order chi connectivity index (χ1) is 13.5. The van der Waals surface area contributed by atoms with Gasteiger partial charge in [0.25, 0.3) is 0 Å². The Morgan fingerprint density at radius 2 is 1.75 bits per heavy atom. The zero-order chi connectivity index (χ0) is 19.9. The van der Waals surface area contributed by atoms with Gasteiger partial charge < -0.3 is 10.1 Å². The molecule has 0 spiro atoms. The third-order valence-corrected chi connectivity index (χ3v) is 4.76. The second-order valence-electron chi connectivity index (χ2n) is 6.70. The van der Waals surface area contributed by atoms with Crippen molar-refractivity contribution in [2.45, 2.75) is 26.3 Å². The van der Waals surface area contributed by atoms with Gasteiger partial charge in [0.15, 0.2) is 5.78 Å². The van der Waals surface area contributed by atoms with Crippen molar-refractivity contribution < 1.29 is 9.53 Å². The molecular weight excluding hydrogens is 370 g/mol. The van der Waals surface area contributed by atoms with Crippen molar-refractivity contribution in [3.8, 4) is 5.75 Å². The number of benzene rings is 3. The second-order valence-corrected chi connectivity index (χ2v) is 7.14. The van der Waals surface area contributed by atoms with Crippen LogP contribution in [0.5, 0.6) is 5.75 Å². The van der Waals surface area contributed by atoms with Crippen LogP contribution in [0.15, 0.2) is 72.8 Å². The van der Waals surface area contributed by atoms with Gasteiger partial charge >= 0.3 is 0 Å². The molecule has 1 N–H and O–H groups in total. The van der Waals surface area contributed by atoms with Gasteiger partial charge in [-0.15, -0.1) is 0 Å². The third-order valence-electron chi connectivity index (χ3n) is 4.52. The lowest BCUT2D eigenvalue weighted by Gasteiger charge is -2.21. The Bertz CT molecular complexity index is 920. The van der Waals surface area contributed by atoms with Gasteiger partial charge in [-0.1, -0.05) is 59.6 Å². The Labute approximate surface area is 171 Å². The Hall–Kier alpha value is -2.78. The molecule has 0 saturated heterocycles. The van der Waals surface area contributed by atoms with Gasteiger partial charge in [0.05, 0.1) is 12.6 Å². The first kappa shape index (κ1) is 20.0. The lowest BCUT2D eigenvalue weighted by atomic mass is 9.97. The van der Waals surface area contributed by atoms with Crippen LogP contribution in [-0.4, -0.2) is 12.4 Å². The van der Waals surface area contributed by atoms with Crippen molar-refractivity contribution in [2.75, 3.05) is 11.9 Å². The Morgan fingerprint density at radius 3 is 2.39 bits per heavy atom. The average Bonchev–Trinajstić information content (AvgIpc) is 2.69. The minimum atomic E-state index is -0.178. The molecule has 0 radical (unpaired) electrons. The van der Waals surface area contributed by atoms with Crippen molar-refractivity contribution in [2.24, 2.45) is 0 Å². The van der Waals surface area contributed by atoms with Crippen LogP contribution in [0, 0.1) is 6.92 Å². The van der Waals surface area contributed by atoms with E-state index in [2.05, 4.69) is 5.32 Å². The highest BCUT2D eigenvalue weighted by Crippen LogP contribution is 2.27. The maximum atomic E-state index is 12.9. The molecule has 0 fully saturated rings. The molecule has 0 saturated carbocycles. The summed E-state index contributed by atoms with van der Waals surface area (Å²) in [4.78, 5) is 12.9. The molecule has 3 aromatic rings. The van der Waals surface area contributed by atoms with Crippen LogP contribution in [0.1, 0.15) is 40.9 Å². The topological polar surface area (TPSA) is 38.3 Å². The van der Waals surface area contributed by atoms with Crippen LogP contribution in [0.4, 0.5) is 5.69 Å².